The number of alkyl halides is 3. The van der Waals surface area contributed by atoms with Crippen molar-refractivity contribution in [3.05, 3.63) is 57.8 Å². The normalized spacial score (nSPS) is 12.5. The maximum Gasteiger partial charge on any atom is 0.419 e. The van der Waals surface area contributed by atoms with Gasteiger partial charge in [-0.1, -0.05) is 30.3 Å². The molecule has 1 atom stereocenters. The van der Waals surface area contributed by atoms with Gasteiger partial charge in [-0.2, -0.15) is 13.2 Å². The molecule has 0 bridgehead atoms. The molecule has 6 N–H and O–H groups in total. The van der Waals surface area contributed by atoms with E-state index in [1.165, 1.54) is 0 Å². The van der Waals surface area contributed by atoms with Gasteiger partial charge in [-0.25, -0.2) is 4.98 Å². The lowest BCUT2D eigenvalue weighted by atomic mass is 10.1. The Morgan fingerprint density at radius 3 is 2.36 bits per heavy atom. The number of hydrogen-bond acceptors (Lipinski definition) is 6. The van der Waals surface area contributed by atoms with Gasteiger partial charge in [-0.15, -0.1) is 0 Å². The smallest absolute Gasteiger partial charge is 0.419 e. The van der Waals surface area contributed by atoms with Gasteiger partial charge in [-0.05, 0) is 27.6 Å². The van der Waals surface area contributed by atoms with Crippen LogP contribution in [0.5, 0.6) is 0 Å². The van der Waals surface area contributed by atoms with Gasteiger partial charge < -0.3 is 16.2 Å². The van der Waals surface area contributed by atoms with Crippen molar-refractivity contribution >= 4 is 33.4 Å². The highest BCUT2D eigenvalue weighted by Crippen LogP contribution is 2.35. The van der Waals surface area contributed by atoms with Crippen molar-refractivity contribution in [1.29, 1.82) is 10.8 Å². The summed E-state index contributed by atoms with van der Waals surface area (Å²) in [5, 5.41) is 15.6. The Bertz CT molecular complexity index is 811. The zero-order chi connectivity index (χ0) is 18.8. The zero-order valence-electron chi connectivity index (χ0n) is 12.6. The Hall–Kier alpha value is -2.46. The highest BCUT2D eigenvalue weighted by molar-refractivity contribution is 9.10. The number of halogens is 4. The van der Waals surface area contributed by atoms with Gasteiger partial charge in [0.2, 0.25) is 11.8 Å². The van der Waals surface area contributed by atoms with Gasteiger partial charge in [0.25, 0.3) is 0 Å². The van der Waals surface area contributed by atoms with Crippen molar-refractivity contribution in [3.63, 3.8) is 0 Å². The minimum absolute atomic E-state index is 0.329. The van der Waals surface area contributed by atoms with E-state index in [0.717, 1.165) is 0 Å². The summed E-state index contributed by atoms with van der Waals surface area (Å²) in [6.07, 6.45) is -4.65. The molecule has 0 aliphatic heterocycles. The van der Waals surface area contributed by atoms with E-state index in [1.807, 2.05) is 0 Å². The van der Waals surface area contributed by atoms with Crippen molar-refractivity contribution in [3.8, 4) is 0 Å². The third-order valence-electron chi connectivity index (χ3n) is 3.18. The number of aromatic nitrogens is 1. The zero-order valence-corrected chi connectivity index (χ0v) is 14.1. The summed E-state index contributed by atoms with van der Waals surface area (Å²) in [5.74, 6) is -1.14. The van der Waals surface area contributed by atoms with Gasteiger partial charge in [0, 0.05) is 0 Å². The van der Waals surface area contributed by atoms with E-state index in [1.54, 1.807) is 30.3 Å². The molecule has 1 heterocycles. The van der Waals surface area contributed by atoms with E-state index in [2.05, 4.69) is 20.9 Å². The highest BCUT2D eigenvalue weighted by atomic mass is 79.9. The van der Waals surface area contributed by atoms with Gasteiger partial charge in [0.15, 0.2) is 0 Å². The summed E-state index contributed by atoms with van der Waals surface area (Å²) >= 11 is 2.70. The summed E-state index contributed by atoms with van der Waals surface area (Å²) in [5.41, 5.74) is 10.2. The Morgan fingerprint density at radius 2 is 1.80 bits per heavy atom. The molecule has 0 aliphatic carbocycles. The fourth-order valence-corrected chi connectivity index (χ4v) is 2.44. The van der Waals surface area contributed by atoms with E-state index in [4.69, 9.17) is 27.0 Å². The minimum Gasteiger partial charge on any atom is -0.421 e. The fourth-order valence-electron chi connectivity index (χ4n) is 1.92. The molecule has 0 amide bonds. The number of rotatable bonds is 3. The molecule has 0 saturated carbocycles. The molecule has 0 fully saturated rings. The Kier molecular flexibility index (Phi) is 5.43. The first-order valence-electron chi connectivity index (χ1n) is 6.80. The van der Waals surface area contributed by atoms with E-state index in [0.29, 0.717) is 11.6 Å². The standard InChI is InChI=1S/C15H13BrF3N5O/c16-12-8(15(17,18)19)6-9(20)11(24-12)14(23)25-13(22)10(21)7-4-2-1-3-5-7/h1-6,10,22-23H,20-21H2/t10-/m1/s1. The molecule has 6 nitrogen and oxygen atoms in total. The van der Waals surface area contributed by atoms with Crippen LogP contribution >= 0.6 is 15.9 Å². The maximum absolute atomic E-state index is 12.8. The van der Waals surface area contributed by atoms with Crippen LogP contribution in [0.1, 0.15) is 22.9 Å². The van der Waals surface area contributed by atoms with Crippen LogP contribution in [-0.4, -0.2) is 16.8 Å². The lowest BCUT2D eigenvalue weighted by molar-refractivity contribution is -0.138. The lowest BCUT2D eigenvalue weighted by Crippen LogP contribution is -2.26. The number of nitrogen functional groups attached to an aromatic ring is 1. The average Bonchev–Trinajstić information content (AvgIpc) is 2.55. The van der Waals surface area contributed by atoms with Crippen molar-refractivity contribution in [1.82, 2.24) is 4.98 Å². The number of anilines is 1. The van der Waals surface area contributed by atoms with Crippen LogP contribution in [0.2, 0.25) is 0 Å². The summed E-state index contributed by atoms with van der Waals surface area (Å²) in [6, 6.07) is 8.26. The predicted octanol–water partition coefficient (Wildman–Crippen LogP) is 3.46. The summed E-state index contributed by atoms with van der Waals surface area (Å²) < 4.78 is 42.9. The average molecular weight is 416 g/mol. The molecule has 0 unspecified atom stereocenters. The largest absolute Gasteiger partial charge is 0.421 e. The number of nitrogens with zero attached hydrogens (tertiary/aromatic N) is 1. The van der Waals surface area contributed by atoms with Crippen LogP contribution in [0.25, 0.3) is 0 Å². The molecule has 2 rings (SSSR count). The molecule has 132 valence electrons. The molecule has 1 aromatic carbocycles. The van der Waals surface area contributed by atoms with Crippen molar-refractivity contribution in [2.24, 2.45) is 5.73 Å². The van der Waals surface area contributed by atoms with Crippen LogP contribution < -0.4 is 11.5 Å². The molecular formula is C15H13BrF3N5O. The van der Waals surface area contributed by atoms with Crippen molar-refractivity contribution in [2.75, 3.05) is 5.73 Å². The minimum atomic E-state index is -4.65. The van der Waals surface area contributed by atoms with Gasteiger partial charge in [0.05, 0.1) is 11.3 Å². The molecule has 0 saturated heterocycles. The number of pyridine rings is 1. The van der Waals surface area contributed by atoms with Crippen LogP contribution in [0.3, 0.4) is 0 Å². The van der Waals surface area contributed by atoms with Gasteiger partial charge >= 0.3 is 6.18 Å². The Morgan fingerprint density at radius 1 is 1.20 bits per heavy atom. The fraction of sp³-hybridized carbons (Fsp3) is 0.133. The second kappa shape index (κ2) is 7.19. The lowest BCUT2D eigenvalue weighted by Gasteiger charge is -2.16. The maximum atomic E-state index is 12.8. The topological polar surface area (TPSA) is 122 Å². The van der Waals surface area contributed by atoms with Gasteiger partial charge in [0.1, 0.15) is 16.3 Å². The highest BCUT2D eigenvalue weighted by Gasteiger charge is 2.35. The molecule has 1 aromatic heterocycles. The van der Waals surface area contributed by atoms with Crippen LogP contribution in [0.15, 0.2) is 41.0 Å². The molecule has 0 spiro atoms. The van der Waals surface area contributed by atoms with E-state index >= 15 is 0 Å². The van der Waals surface area contributed by atoms with E-state index in [-0.39, 0.29) is 5.69 Å². The first-order chi connectivity index (χ1) is 11.6. The number of benzene rings is 1. The number of ether oxygens (including phenoxy) is 1. The number of nitrogens with two attached hydrogens (primary N) is 2. The summed E-state index contributed by atoms with van der Waals surface area (Å²) in [6.45, 7) is 0. The first-order valence-corrected chi connectivity index (χ1v) is 7.59. The molecular weight excluding hydrogens is 403 g/mol. The van der Waals surface area contributed by atoms with Crippen LogP contribution in [0, 0.1) is 10.8 Å². The molecule has 0 aliphatic rings. The van der Waals surface area contributed by atoms with Crippen molar-refractivity contribution in [2.45, 2.75) is 12.2 Å². The Labute approximate surface area is 149 Å². The van der Waals surface area contributed by atoms with E-state index < -0.39 is 39.9 Å². The number of hydrogen-bond donors (Lipinski definition) is 4. The SMILES string of the molecule is N=C(OC(=N)[C@H](N)c1ccccc1)c1nc(Br)c(C(F)(F)F)cc1N. The monoisotopic (exact) mass is 415 g/mol. The summed E-state index contributed by atoms with van der Waals surface area (Å²) in [7, 11) is 0. The van der Waals surface area contributed by atoms with Crippen LogP contribution in [0.4, 0.5) is 18.9 Å². The predicted molar refractivity (Wildman–Crippen MR) is 90.4 cm³/mol. The second-order valence-electron chi connectivity index (χ2n) is 4.95. The Balaban J connectivity index is 2.21. The molecule has 2 aromatic rings. The third kappa shape index (κ3) is 4.34. The first kappa shape index (κ1) is 18.9. The van der Waals surface area contributed by atoms with Gasteiger partial charge in [-0.3, -0.25) is 10.8 Å². The quantitative estimate of drug-likeness (QED) is 0.348. The molecule has 25 heavy (non-hydrogen) atoms. The number of nitrogens with one attached hydrogen (secondary N) is 2. The summed E-state index contributed by atoms with van der Waals surface area (Å²) in [4.78, 5) is 3.61. The van der Waals surface area contributed by atoms with Crippen molar-refractivity contribution < 1.29 is 17.9 Å². The third-order valence-corrected chi connectivity index (χ3v) is 3.78. The second-order valence-corrected chi connectivity index (χ2v) is 5.70. The van der Waals surface area contributed by atoms with E-state index in [9.17, 15) is 13.2 Å². The molecule has 10 heteroatoms. The van der Waals surface area contributed by atoms with Crippen LogP contribution in [-0.2, 0) is 10.9 Å². The molecule has 0 radical (unpaired) electrons.